The molecule has 6 amide bonds. The van der Waals surface area contributed by atoms with Gasteiger partial charge in [0.15, 0.2) is 15.7 Å². The number of alkyl carbamates (subject to hydrolysis) is 2. The van der Waals surface area contributed by atoms with Gasteiger partial charge in [-0.3, -0.25) is 38.0 Å². The molecule has 8 heterocycles. The molecule has 139 heavy (non-hydrogen) atoms. The number of amides is 6. The lowest BCUT2D eigenvalue weighted by molar-refractivity contribution is -0.149. The van der Waals surface area contributed by atoms with Gasteiger partial charge >= 0.3 is 24.1 Å². The number of nitrogens with zero attached hydrogens (tertiary/aromatic N) is 7. The number of nitrogens with one attached hydrogen (secondary N) is 7. The number of anilines is 2. The summed E-state index contributed by atoms with van der Waals surface area (Å²) in [6, 6.07) is 12.3. The van der Waals surface area contributed by atoms with E-state index in [0.29, 0.717) is 139 Å². The van der Waals surface area contributed by atoms with E-state index in [9.17, 15) is 51.6 Å². The maximum atomic E-state index is 14.9. The Balaban J connectivity index is 0.000000169. The summed E-state index contributed by atoms with van der Waals surface area (Å²) in [6.07, 6.45) is 5.63. The number of ether oxygens (including phenoxy) is 9. The number of H-pyrrole nitrogens is 1. The fraction of sp³-hybridized carbons (Fsp3) is 0.571. The Bertz CT molecular complexity index is 5890. The van der Waals surface area contributed by atoms with E-state index in [2.05, 4.69) is 94.6 Å². The second-order valence-corrected chi connectivity index (χ2v) is 45.1. The third-order valence-electron chi connectivity index (χ3n) is 27.1. The largest absolute Gasteiger partial charge is 0.491 e. The summed E-state index contributed by atoms with van der Waals surface area (Å²) in [5.74, 6) is -0.442. The van der Waals surface area contributed by atoms with Crippen molar-refractivity contribution in [2.45, 2.75) is 210 Å². The molecule has 0 bridgehead atoms. The molecule has 3 aromatic carbocycles. The van der Waals surface area contributed by atoms with Crippen molar-refractivity contribution in [2.24, 2.45) is 46.3 Å². The quantitative estimate of drug-likeness (QED) is 0.00869. The van der Waals surface area contributed by atoms with Crippen LogP contribution in [0.4, 0.5) is 19.9 Å². The molecule has 16 atom stereocenters. The monoisotopic (exact) mass is 2080 g/mol. The Hall–Kier alpha value is -9.81. The van der Waals surface area contributed by atoms with Crippen LogP contribution in [0, 0.1) is 46.3 Å². The lowest BCUT2D eigenvalue weighted by Gasteiger charge is -2.35. The Morgan fingerprint density at radius 1 is 0.583 bits per heavy atom. The predicted molar refractivity (Wildman–Crippen MR) is 530 cm³/mol. The van der Waals surface area contributed by atoms with Gasteiger partial charge in [-0.15, -0.1) is 35.8 Å². The number of carbonyl (C=O) groups excluding carboxylic acids is 8. The minimum absolute atomic E-state index is 0.0168. The van der Waals surface area contributed by atoms with Crippen molar-refractivity contribution >= 4 is 152 Å². The van der Waals surface area contributed by atoms with Crippen molar-refractivity contribution in [3.63, 3.8) is 0 Å². The Kier molecular flexibility index (Phi) is 32.4. The van der Waals surface area contributed by atoms with Crippen molar-refractivity contribution in [1.82, 2.24) is 60.8 Å². The maximum absolute atomic E-state index is 14.9. The smallest absolute Gasteiger partial charge is 0.408 e. The van der Waals surface area contributed by atoms with E-state index in [-0.39, 0.29) is 78.8 Å². The van der Waals surface area contributed by atoms with Crippen LogP contribution in [-0.4, -0.2) is 274 Å². The van der Waals surface area contributed by atoms with Gasteiger partial charge in [0, 0.05) is 121 Å². The highest BCUT2D eigenvalue weighted by Gasteiger charge is 2.64. The summed E-state index contributed by atoms with van der Waals surface area (Å²) in [5.41, 5.74) is -0.896. The third-order valence-corrected chi connectivity index (χ3v) is 31.3. The van der Waals surface area contributed by atoms with Gasteiger partial charge in [-0.1, -0.05) is 92.8 Å². The van der Waals surface area contributed by atoms with Crippen molar-refractivity contribution < 1.29 is 93.6 Å². The number of methoxy groups -OCH3 is 2. The highest BCUT2D eigenvalue weighted by atomic mass is 79.9. The van der Waals surface area contributed by atoms with Crippen LogP contribution in [0.1, 0.15) is 133 Å². The van der Waals surface area contributed by atoms with Crippen molar-refractivity contribution in [1.29, 1.82) is 0 Å². The van der Waals surface area contributed by atoms with Crippen LogP contribution in [0.3, 0.4) is 0 Å². The van der Waals surface area contributed by atoms with Gasteiger partial charge < -0.3 is 89.3 Å². The van der Waals surface area contributed by atoms with Crippen LogP contribution in [-0.2, 0) is 71.5 Å². The summed E-state index contributed by atoms with van der Waals surface area (Å²) >= 11 is 20.0. The molecule has 0 radical (unpaired) electrons. The molecule has 6 aliphatic carbocycles. The number of hydrogen-bond acceptors (Lipinski definition) is 30. The zero-order chi connectivity index (χ0) is 99.5. The summed E-state index contributed by atoms with van der Waals surface area (Å²) in [5, 5.41) is 25.0. The Morgan fingerprint density at radius 2 is 1.04 bits per heavy atom. The minimum atomic E-state index is -4.26. The van der Waals surface area contributed by atoms with E-state index >= 15 is 0 Å². The molecule has 41 heteroatoms. The summed E-state index contributed by atoms with van der Waals surface area (Å²) in [4.78, 5) is 147. The fourth-order valence-corrected chi connectivity index (χ4v) is 22.7. The number of hydrogen-bond donors (Lipinski definition) is 7. The molecule has 10 fully saturated rings. The standard InChI is InChI=1S/C46H60ClN7O9S.C31H40BrN3O9S.C21H25ClN4O3S/c1-8-28-22-46(28,42(57)59-7)52-40(55)34-20-30(23-54(34)41(56)39(45(4,5)6)51-44(58)63-29-18-26-17-27(26)19-29)62-36-21-32(33-24-64-43(50-33)48-25(2)3)49-38-31(36)9-10-35(37(38)47)61-16-13-53-11-14-60-15-12-53;1-6-19-15-31(19,28(38)42-5)34-26(36)24-14-22(44-45(40,41)23-9-7-20(32)8-10-23)16-35(24)27(37)25(30(2,3)4)33-29(39)43-21-12-17-11-18(17)13-21;1-13(2)23-21-25-16(12-30-21)15-11-17(27)14-3-4-18(19(22)20(14)24-15)29-10-7-26-5-8-28-9-6-26/h8-10,21,24-30,34,39H,1,11-20,22-23H2,2-7H3,(H,48,50)(H,51,58)(H,52,55);6-10,17-19,21-22,24-25H,1,11-16H2,2-5H3,(H,33,39)(H,34,36);3-4,11-13H,5-10H2,1-2H3,(H,23,25)(H,24,27)/t26-,27+,28-,29?,30-,34+,39-,46?;17-,18+,19-,21?,22-,24+,25-,31?;/m11./s1. The van der Waals surface area contributed by atoms with Gasteiger partial charge in [0.1, 0.15) is 99.8 Å². The zero-order valence-electron chi connectivity index (χ0n) is 80.3. The van der Waals surface area contributed by atoms with Gasteiger partial charge in [0.05, 0.1) is 86.3 Å². The molecule has 7 N–H and O–H groups in total. The van der Waals surface area contributed by atoms with Crippen molar-refractivity contribution in [2.75, 3.05) is 117 Å². The molecule has 17 rings (SSSR count). The topological polar surface area (TPSA) is 420 Å². The first-order chi connectivity index (χ1) is 66.1. The Morgan fingerprint density at radius 3 is 1.50 bits per heavy atom. The third kappa shape index (κ3) is 24.7. The molecule has 4 saturated heterocycles. The highest BCUT2D eigenvalue weighted by Crippen LogP contribution is 2.54. The molecular formula is C98H125BrCl2N14O21S3. The second kappa shape index (κ2) is 43.6. The number of aromatic amines is 1. The van der Waals surface area contributed by atoms with E-state index in [1.54, 1.807) is 75.4 Å². The first-order valence-corrected chi connectivity index (χ1v) is 52.1. The number of rotatable bonds is 33. The lowest BCUT2D eigenvalue weighted by Crippen LogP contribution is -2.59. The fourth-order valence-electron chi connectivity index (χ4n) is 19.2. The molecule has 0 spiro atoms. The number of morpholine rings is 2. The number of aromatic nitrogens is 4. The number of esters is 2. The average molecular weight is 2080 g/mol. The van der Waals surface area contributed by atoms with E-state index < -0.39 is 116 Å². The summed E-state index contributed by atoms with van der Waals surface area (Å²) < 4.78 is 83.8. The van der Waals surface area contributed by atoms with E-state index in [0.717, 1.165) is 88.3 Å². The highest BCUT2D eigenvalue weighted by molar-refractivity contribution is 9.10. The predicted octanol–water partition coefficient (Wildman–Crippen LogP) is 13.2. The molecular weight excluding hydrogens is 1960 g/mol. The van der Waals surface area contributed by atoms with Gasteiger partial charge in [-0.2, -0.15) is 8.42 Å². The second-order valence-electron chi connectivity index (χ2n) is 40.1. The molecule has 4 aromatic heterocycles. The number of pyridine rings is 2. The van der Waals surface area contributed by atoms with Crippen LogP contribution >= 0.6 is 61.8 Å². The van der Waals surface area contributed by atoms with Gasteiger partial charge in [-0.05, 0) is 162 Å². The van der Waals surface area contributed by atoms with Crippen molar-refractivity contribution in [3.05, 3.63) is 121 Å². The average Bonchev–Trinajstić information content (AvgIpc) is 1.58. The number of halogens is 3. The maximum Gasteiger partial charge on any atom is 0.408 e. The normalized spacial score (nSPS) is 25.6. The SMILES string of the molecule is C=C[C@@H]1CC1(NC(=O)[C@@H]1C[C@@H](OS(=O)(=O)c2ccc(Br)cc2)CN1C(=O)[C@@H](NC(=O)OC1C[C@@H]2C[C@@H]2C1)C(C)(C)C)C(=O)OC.C=C[C@@H]1CC1(NC(=O)[C@@H]1C[C@@H](Oc2cc(-c3csc(NC(C)C)n3)nc3c(Cl)c(OCCN4CCOCC4)ccc23)CN1C(=O)[C@@H](NC(=O)OC1C[C@@H]2C[C@@H]2C1)C(C)(C)C)C(=O)OC.CC(C)Nc1nc(-c2cc(=O)c3ccc(OCCN4CCOCC4)c(Cl)c3[nH]2)cs1. The van der Waals surface area contributed by atoms with Gasteiger partial charge in [0.2, 0.25) is 23.6 Å². The number of fused-ring (bicyclic) bond motifs is 4. The molecule has 7 aromatic rings. The van der Waals surface area contributed by atoms with E-state index in [1.165, 1.54) is 65.2 Å². The molecule has 35 nitrogen and oxygen atoms in total. The number of carbonyl (C=O) groups is 8. The number of likely N-dealkylation sites (tertiary alicyclic amines) is 2. The van der Waals surface area contributed by atoms with Gasteiger partial charge in [0.25, 0.3) is 10.1 Å². The van der Waals surface area contributed by atoms with Crippen LogP contribution in [0.2, 0.25) is 10.0 Å². The molecule has 4 aliphatic heterocycles. The van der Waals surface area contributed by atoms with Crippen LogP contribution in [0.15, 0.2) is 111 Å². The Labute approximate surface area is 835 Å². The van der Waals surface area contributed by atoms with E-state index in [4.69, 9.17) is 80.0 Å². The van der Waals surface area contributed by atoms with Gasteiger partial charge in [-0.25, -0.2) is 34.1 Å². The van der Waals surface area contributed by atoms with Crippen LogP contribution < -0.4 is 51.5 Å². The zero-order valence-corrected chi connectivity index (χ0v) is 85.8. The molecule has 752 valence electrons. The van der Waals surface area contributed by atoms with Crippen LogP contribution in [0.5, 0.6) is 17.2 Å². The number of thiazole rings is 2. The summed E-state index contributed by atoms with van der Waals surface area (Å²) in [6.45, 7) is 35.1. The molecule has 4 unspecified atom stereocenters. The van der Waals surface area contributed by atoms with Crippen LogP contribution in [0.25, 0.3) is 44.6 Å². The number of benzene rings is 3. The van der Waals surface area contributed by atoms with E-state index in [1.807, 2.05) is 51.4 Å². The summed E-state index contributed by atoms with van der Waals surface area (Å²) in [7, 11) is -1.78. The van der Waals surface area contributed by atoms with Crippen molar-refractivity contribution in [3.8, 4) is 40.0 Å². The first kappa shape index (κ1) is 104. The molecule has 6 saturated carbocycles. The first-order valence-electron chi connectivity index (χ1n) is 47.4. The minimum Gasteiger partial charge on any atom is -0.491 e. The molecule has 10 aliphatic rings. The lowest BCUT2D eigenvalue weighted by atomic mass is 9.85.